The number of para-hydroxylation sites is 2. The third-order valence-electron chi connectivity index (χ3n) is 11.7. The number of rotatable bonds is 15. The number of hydrogen-bond acceptors (Lipinski definition) is 5. The summed E-state index contributed by atoms with van der Waals surface area (Å²) in [5, 5.41) is 0.0925. The SMILES string of the molecule is CC(C)(C[C@@H]1C/C(=C\CP(Oc2ccccc2)Oc2ccccc2)C[C@@H](O[Si](C)(C)C(C)(C)C)/C1=C/CCO[Si](C)(C)C(C)(C)C)[Si](C)(C)O. The molecule has 3 rings (SSSR count). The fourth-order valence-electron chi connectivity index (χ4n) is 5.55. The van der Waals surface area contributed by atoms with Crippen LogP contribution >= 0.6 is 8.38 Å². The van der Waals surface area contributed by atoms with Crippen molar-refractivity contribution >= 4 is 33.3 Å². The number of hydrogen-bond donors (Lipinski definition) is 1. The first-order valence-electron chi connectivity index (χ1n) is 18.6. The maximum Gasteiger partial charge on any atom is 0.294 e. The van der Waals surface area contributed by atoms with Gasteiger partial charge < -0.3 is 22.7 Å². The van der Waals surface area contributed by atoms with Crippen LogP contribution in [0.3, 0.4) is 0 Å². The predicted molar refractivity (Wildman–Crippen MR) is 223 cm³/mol. The van der Waals surface area contributed by atoms with Gasteiger partial charge in [-0.25, -0.2) is 0 Å². The largest absolute Gasteiger partial charge is 0.438 e. The van der Waals surface area contributed by atoms with Gasteiger partial charge in [-0.3, -0.25) is 0 Å². The van der Waals surface area contributed by atoms with Gasteiger partial charge in [-0.2, -0.15) is 0 Å². The van der Waals surface area contributed by atoms with E-state index in [1.165, 1.54) is 11.1 Å². The van der Waals surface area contributed by atoms with Crippen LogP contribution in [-0.2, 0) is 8.85 Å². The minimum Gasteiger partial charge on any atom is -0.438 e. The Labute approximate surface area is 310 Å². The summed E-state index contributed by atoms with van der Waals surface area (Å²) in [6, 6.07) is 20.0. The lowest BCUT2D eigenvalue weighted by atomic mass is 9.75. The number of allylic oxidation sites excluding steroid dienone is 1. The third kappa shape index (κ3) is 12.3. The molecule has 2 aromatic rings. The van der Waals surface area contributed by atoms with E-state index in [0.717, 1.165) is 43.8 Å². The average Bonchev–Trinajstić information content (AvgIpc) is 2.98. The Morgan fingerprint density at radius 2 is 1.22 bits per heavy atom. The molecule has 0 amide bonds. The van der Waals surface area contributed by atoms with Gasteiger partial charge >= 0.3 is 0 Å². The monoisotopic (exact) mass is 756 g/mol. The molecular weight excluding hydrogens is 688 g/mol. The summed E-state index contributed by atoms with van der Waals surface area (Å²) < 4.78 is 26.9. The molecule has 0 radical (unpaired) electrons. The van der Waals surface area contributed by atoms with Crippen LogP contribution in [0, 0.1) is 5.92 Å². The van der Waals surface area contributed by atoms with E-state index in [9.17, 15) is 4.80 Å². The van der Waals surface area contributed by atoms with Gasteiger partial charge in [-0.05, 0) is 116 Å². The summed E-state index contributed by atoms with van der Waals surface area (Å²) in [4.78, 5) is 11.5. The van der Waals surface area contributed by atoms with Crippen molar-refractivity contribution in [3.8, 4) is 11.5 Å². The van der Waals surface area contributed by atoms with Crippen LogP contribution in [0.5, 0.6) is 11.5 Å². The fraction of sp³-hybridized carbons (Fsp3) is 0.610. The van der Waals surface area contributed by atoms with Gasteiger partial charge in [0.1, 0.15) is 11.5 Å². The van der Waals surface area contributed by atoms with E-state index in [4.69, 9.17) is 17.9 Å². The van der Waals surface area contributed by atoms with E-state index in [-0.39, 0.29) is 27.1 Å². The highest BCUT2D eigenvalue weighted by Gasteiger charge is 2.45. The zero-order chi connectivity index (χ0) is 37.6. The standard InChI is InChI=1S/C41H69O5PSi3/c1-39(2,3)49(11,12)43-28-21-26-37-34(32-41(7,8)48(9,10)42)30-33(31-38(37)46-50(13,14)40(4,5)6)27-29-47(44-35-22-17-15-18-23-35)45-36-24-19-16-20-25-36/h15-20,22-27,34,38,42H,21,28-32H2,1-14H3/b33-27+,37-26+/t34-,38+/m0/s1. The van der Waals surface area contributed by atoms with Gasteiger partial charge in [0, 0.05) is 6.61 Å². The van der Waals surface area contributed by atoms with Crippen molar-refractivity contribution in [2.75, 3.05) is 12.8 Å². The zero-order valence-electron chi connectivity index (χ0n) is 33.9. The summed E-state index contributed by atoms with van der Waals surface area (Å²) in [6.07, 6.45) is 9.09. The predicted octanol–water partition coefficient (Wildman–Crippen LogP) is 12.9. The topological polar surface area (TPSA) is 57.2 Å². The van der Waals surface area contributed by atoms with Crippen molar-refractivity contribution in [2.45, 2.75) is 142 Å². The zero-order valence-corrected chi connectivity index (χ0v) is 37.7. The molecule has 1 saturated carbocycles. The smallest absolute Gasteiger partial charge is 0.294 e. The van der Waals surface area contributed by atoms with Crippen LogP contribution in [0.25, 0.3) is 0 Å². The van der Waals surface area contributed by atoms with Crippen molar-refractivity contribution in [2.24, 2.45) is 5.92 Å². The molecule has 9 heteroatoms. The second kappa shape index (κ2) is 17.1. The first-order chi connectivity index (χ1) is 22.9. The molecule has 2 atom stereocenters. The van der Waals surface area contributed by atoms with Crippen LogP contribution in [0.15, 0.2) is 84.0 Å². The summed E-state index contributed by atoms with van der Waals surface area (Å²) in [7, 11) is -7.70. The number of benzene rings is 2. The molecule has 0 heterocycles. The molecule has 0 saturated heterocycles. The molecule has 50 heavy (non-hydrogen) atoms. The highest BCUT2D eigenvalue weighted by atomic mass is 31.2. The second-order valence-electron chi connectivity index (χ2n) is 18.4. The van der Waals surface area contributed by atoms with Crippen molar-refractivity contribution in [1.82, 2.24) is 0 Å². The Bertz CT molecular complexity index is 1320. The molecule has 0 spiro atoms. The van der Waals surface area contributed by atoms with Gasteiger partial charge in [0.15, 0.2) is 25.0 Å². The molecule has 1 N–H and O–H groups in total. The summed E-state index contributed by atoms with van der Waals surface area (Å²) in [5.74, 6) is 1.90. The van der Waals surface area contributed by atoms with E-state index < -0.39 is 33.3 Å². The van der Waals surface area contributed by atoms with Gasteiger partial charge in [-0.15, -0.1) is 0 Å². The van der Waals surface area contributed by atoms with E-state index in [1.807, 2.05) is 60.7 Å². The maximum absolute atomic E-state index is 11.5. The average molecular weight is 757 g/mol. The van der Waals surface area contributed by atoms with Crippen LogP contribution in [-0.4, -0.2) is 48.6 Å². The quantitative estimate of drug-likeness (QED) is 0.0849. The summed E-state index contributed by atoms with van der Waals surface area (Å²) in [5.41, 5.74) is 2.79. The van der Waals surface area contributed by atoms with Gasteiger partial charge in [0.2, 0.25) is 0 Å². The molecule has 0 aliphatic heterocycles. The Kier molecular flexibility index (Phi) is 14.7. The van der Waals surface area contributed by atoms with Crippen molar-refractivity contribution in [1.29, 1.82) is 0 Å². The van der Waals surface area contributed by atoms with E-state index in [2.05, 4.69) is 107 Å². The van der Waals surface area contributed by atoms with E-state index in [0.29, 0.717) is 6.16 Å². The molecule has 0 aromatic heterocycles. The highest BCUT2D eigenvalue weighted by Crippen LogP contribution is 2.50. The van der Waals surface area contributed by atoms with Crippen LogP contribution in [0.2, 0.25) is 54.4 Å². The van der Waals surface area contributed by atoms with Gasteiger partial charge in [0.25, 0.3) is 8.38 Å². The Morgan fingerprint density at radius 3 is 1.68 bits per heavy atom. The Morgan fingerprint density at radius 1 is 0.720 bits per heavy atom. The molecule has 1 aliphatic carbocycles. The fourth-order valence-corrected chi connectivity index (χ4v) is 9.95. The molecule has 1 aliphatic rings. The minimum atomic E-state index is -2.46. The lowest BCUT2D eigenvalue weighted by Crippen LogP contribution is -2.47. The van der Waals surface area contributed by atoms with Crippen LogP contribution in [0.1, 0.15) is 81.1 Å². The lowest BCUT2D eigenvalue weighted by Gasteiger charge is -2.46. The summed E-state index contributed by atoms with van der Waals surface area (Å²) in [6.45, 7) is 32.7. The molecule has 280 valence electrons. The van der Waals surface area contributed by atoms with Gasteiger partial charge in [-0.1, -0.05) is 110 Å². The van der Waals surface area contributed by atoms with E-state index in [1.54, 1.807) is 0 Å². The molecule has 0 bridgehead atoms. The molecular formula is C41H69O5PSi3. The lowest BCUT2D eigenvalue weighted by molar-refractivity contribution is 0.179. The Balaban J connectivity index is 2.01. The van der Waals surface area contributed by atoms with E-state index >= 15 is 0 Å². The first-order valence-corrected chi connectivity index (χ1v) is 28.7. The highest BCUT2D eigenvalue weighted by molar-refractivity contribution is 7.48. The maximum atomic E-state index is 11.5. The molecule has 2 aromatic carbocycles. The molecule has 5 nitrogen and oxygen atoms in total. The normalized spacial score (nSPS) is 20.1. The molecule has 1 fully saturated rings. The van der Waals surface area contributed by atoms with Gasteiger partial charge in [0.05, 0.1) is 12.3 Å². The second-order valence-corrected chi connectivity index (χ2v) is 33.8. The minimum absolute atomic E-state index is 0.00986. The van der Waals surface area contributed by atoms with Crippen LogP contribution in [0.4, 0.5) is 0 Å². The van der Waals surface area contributed by atoms with Crippen molar-refractivity contribution in [3.63, 3.8) is 0 Å². The summed E-state index contributed by atoms with van der Waals surface area (Å²) >= 11 is 0. The van der Waals surface area contributed by atoms with Crippen molar-refractivity contribution < 1.29 is 22.7 Å². The molecule has 0 unspecified atom stereocenters. The van der Waals surface area contributed by atoms with Crippen LogP contribution < -0.4 is 9.05 Å². The first kappa shape index (κ1) is 42.9. The third-order valence-corrected chi connectivity index (χ3v) is 25.5. The Hall–Kier alpha value is -1.52. The van der Waals surface area contributed by atoms with Crippen molar-refractivity contribution in [3.05, 3.63) is 84.0 Å².